The molecule has 1 fully saturated rings. The van der Waals surface area contributed by atoms with Gasteiger partial charge in [-0.1, -0.05) is 25.8 Å². The highest BCUT2D eigenvalue weighted by molar-refractivity contribution is 5.28. The maximum absolute atomic E-state index is 13.1. The molecule has 0 heterocycles. The van der Waals surface area contributed by atoms with Gasteiger partial charge in [0.05, 0.1) is 0 Å². The summed E-state index contributed by atoms with van der Waals surface area (Å²) >= 11 is 0. The summed E-state index contributed by atoms with van der Waals surface area (Å²) in [5.74, 6) is 0.689. The Bertz CT molecular complexity index is 406. The van der Waals surface area contributed by atoms with E-state index in [1.807, 2.05) is 13.0 Å². The lowest BCUT2D eigenvalue weighted by atomic mass is 9.67. The first-order chi connectivity index (χ1) is 8.54. The Hall–Kier alpha value is -0.890. The minimum absolute atomic E-state index is 0.143. The Morgan fingerprint density at radius 3 is 2.56 bits per heavy atom. The van der Waals surface area contributed by atoms with Crippen molar-refractivity contribution in [3.8, 4) is 0 Å². The molecule has 18 heavy (non-hydrogen) atoms. The van der Waals surface area contributed by atoms with Gasteiger partial charge in [0.25, 0.3) is 0 Å². The van der Waals surface area contributed by atoms with Gasteiger partial charge >= 0.3 is 0 Å². The molecule has 0 radical (unpaired) electrons. The number of benzene rings is 1. The van der Waals surface area contributed by atoms with E-state index in [1.165, 1.54) is 31.2 Å². The van der Waals surface area contributed by atoms with Crippen molar-refractivity contribution >= 4 is 0 Å². The van der Waals surface area contributed by atoms with Crippen LogP contribution >= 0.6 is 0 Å². The van der Waals surface area contributed by atoms with Crippen molar-refractivity contribution in [3.63, 3.8) is 0 Å². The van der Waals surface area contributed by atoms with E-state index in [0.717, 1.165) is 24.4 Å². The number of hydrogen-bond donors (Lipinski definition) is 1. The molecule has 0 unspecified atom stereocenters. The maximum atomic E-state index is 13.1. The summed E-state index contributed by atoms with van der Waals surface area (Å²) in [6, 6.07) is 5.13. The Balaban J connectivity index is 2.15. The van der Waals surface area contributed by atoms with E-state index < -0.39 is 0 Å². The van der Waals surface area contributed by atoms with E-state index >= 15 is 0 Å². The molecule has 1 aromatic carbocycles. The van der Waals surface area contributed by atoms with Gasteiger partial charge in [-0.2, -0.15) is 0 Å². The number of hydrogen-bond acceptors (Lipinski definition) is 1. The van der Waals surface area contributed by atoms with Crippen molar-refractivity contribution < 1.29 is 4.39 Å². The van der Waals surface area contributed by atoms with Crippen molar-refractivity contribution in [2.45, 2.75) is 46.0 Å². The van der Waals surface area contributed by atoms with Crippen LogP contribution in [-0.2, 0) is 6.42 Å². The minimum Gasteiger partial charge on any atom is -0.330 e. The zero-order chi connectivity index (χ0) is 13.2. The molecular formula is C16H24FN. The summed E-state index contributed by atoms with van der Waals surface area (Å²) in [7, 11) is 0. The van der Waals surface area contributed by atoms with Crippen molar-refractivity contribution in [2.75, 3.05) is 6.54 Å². The molecule has 1 aliphatic rings. The molecule has 0 aliphatic heterocycles. The predicted molar refractivity (Wildman–Crippen MR) is 74.0 cm³/mol. The Morgan fingerprint density at radius 1 is 1.33 bits per heavy atom. The first-order valence-corrected chi connectivity index (χ1v) is 7.00. The first kappa shape index (κ1) is 13.5. The number of rotatable bonds is 3. The van der Waals surface area contributed by atoms with Crippen LogP contribution in [0.25, 0.3) is 0 Å². The number of aryl methyl sites for hydroxylation is 1. The summed E-state index contributed by atoms with van der Waals surface area (Å²) in [4.78, 5) is 0. The van der Waals surface area contributed by atoms with Gasteiger partial charge in [0.1, 0.15) is 5.82 Å². The third kappa shape index (κ3) is 2.92. The lowest BCUT2D eigenvalue weighted by Gasteiger charge is -2.39. The van der Waals surface area contributed by atoms with Crippen molar-refractivity contribution in [2.24, 2.45) is 17.1 Å². The van der Waals surface area contributed by atoms with Crippen LogP contribution in [0.5, 0.6) is 0 Å². The molecule has 2 rings (SSSR count). The van der Waals surface area contributed by atoms with E-state index in [0.29, 0.717) is 0 Å². The highest BCUT2D eigenvalue weighted by Gasteiger charge is 2.33. The Morgan fingerprint density at radius 2 is 2.00 bits per heavy atom. The van der Waals surface area contributed by atoms with E-state index in [1.54, 1.807) is 12.1 Å². The fraction of sp³-hybridized carbons (Fsp3) is 0.625. The van der Waals surface area contributed by atoms with Crippen LogP contribution in [0.3, 0.4) is 0 Å². The van der Waals surface area contributed by atoms with Crippen LogP contribution in [-0.4, -0.2) is 6.54 Å². The molecule has 0 aromatic heterocycles. The average molecular weight is 249 g/mol. The average Bonchev–Trinajstić information content (AvgIpc) is 2.36. The van der Waals surface area contributed by atoms with Gasteiger partial charge in [0, 0.05) is 0 Å². The van der Waals surface area contributed by atoms with Crippen molar-refractivity contribution in [1.29, 1.82) is 0 Å². The molecule has 0 amide bonds. The smallest absolute Gasteiger partial charge is 0.123 e. The SMILES string of the molecule is Cc1cc(F)ccc1CC1(CN)CCC(C)CC1. The van der Waals surface area contributed by atoms with Gasteiger partial charge < -0.3 is 5.73 Å². The lowest BCUT2D eigenvalue weighted by Crippen LogP contribution is -2.36. The predicted octanol–water partition coefficient (Wildman–Crippen LogP) is 3.83. The normalized spacial score (nSPS) is 28.3. The van der Waals surface area contributed by atoms with E-state index in [9.17, 15) is 4.39 Å². The molecule has 0 saturated heterocycles. The molecule has 2 heteroatoms. The van der Waals surface area contributed by atoms with Gasteiger partial charge in [0.15, 0.2) is 0 Å². The molecule has 1 nitrogen and oxygen atoms in total. The molecule has 1 saturated carbocycles. The standard InChI is InChI=1S/C16H24FN/c1-12-5-7-16(11-18,8-6-12)10-14-3-4-15(17)9-13(14)2/h3-4,9,12H,5-8,10-11,18H2,1-2H3. The fourth-order valence-electron chi connectivity index (χ4n) is 3.09. The summed E-state index contributed by atoms with van der Waals surface area (Å²) < 4.78 is 13.1. The second-order valence-corrected chi connectivity index (χ2v) is 6.13. The molecule has 0 spiro atoms. The van der Waals surface area contributed by atoms with Crippen molar-refractivity contribution in [3.05, 3.63) is 35.1 Å². The zero-order valence-corrected chi connectivity index (χ0v) is 11.5. The monoisotopic (exact) mass is 249 g/mol. The van der Waals surface area contributed by atoms with Crippen LogP contribution in [0.15, 0.2) is 18.2 Å². The zero-order valence-electron chi connectivity index (χ0n) is 11.5. The maximum Gasteiger partial charge on any atom is 0.123 e. The molecule has 100 valence electrons. The van der Waals surface area contributed by atoms with Gasteiger partial charge in [-0.25, -0.2) is 4.39 Å². The minimum atomic E-state index is -0.143. The quantitative estimate of drug-likeness (QED) is 0.865. The highest BCUT2D eigenvalue weighted by Crippen LogP contribution is 2.41. The topological polar surface area (TPSA) is 26.0 Å². The highest BCUT2D eigenvalue weighted by atomic mass is 19.1. The molecule has 1 aliphatic carbocycles. The van der Waals surface area contributed by atoms with Crippen LogP contribution < -0.4 is 5.73 Å². The fourth-order valence-corrected chi connectivity index (χ4v) is 3.09. The van der Waals surface area contributed by atoms with E-state index in [2.05, 4.69) is 6.92 Å². The van der Waals surface area contributed by atoms with Crippen LogP contribution in [0.2, 0.25) is 0 Å². The molecule has 0 atom stereocenters. The molecule has 1 aromatic rings. The van der Waals surface area contributed by atoms with E-state index in [4.69, 9.17) is 5.73 Å². The number of nitrogens with two attached hydrogens (primary N) is 1. The lowest BCUT2D eigenvalue weighted by molar-refractivity contribution is 0.163. The Kier molecular flexibility index (Phi) is 4.06. The third-order valence-electron chi connectivity index (χ3n) is 4.64. The van der Waals surface area contributed by atoms with Crippen LogP contribution in [0.4, 0.5) is 4.39 Å². The molecule has 2 N–H and O–H groups in total. The van der Waals surface area contributed by atoms with Gasteiger partial charge in [-0.05, 0) is 67.3 Å². The molecular weight excluding hydrogens is 225 g/mol. The summed E-state index contributed by atoms with van der Waals surface area (Å²) in [5, 5.41) is 0. The summed E-state index contributed by atoms with van der Waals surface area (Å²) in [6.45, 7) is 5.06. The van der Waals surface area contributed by atoms with Crippen LogP contribution in [0, 0.1) is 24.1 Å². The van der Waals surface area contributed by atoms with Gasteiger partial charge in [-0.3, -0.25) is 0 Å². The summed E-state index contributed by atoms with van der Waals surface area (Å²) in [6.07, 6.45) is 5.97. The Labute approximate surface area is 110 Å². The second kappa shape index (κ2) is 5.40. The van der Waals surface area contributed by atoms with Gasteiger partial charge in [0.2, 0.25) is 0 Å². The third-order valence-corrected chi connectivity index (χ3v) is 4.64. The largest absolute Gasteiger partial charge is 0.330 e. The first-order valence-electron chi connectivity index (χ1n) is 7.00. The second-order valence-electron chi connectivity index (χ2n) is 6.13. The van der Waals surface area contributed by atoms with Crippen LogP contribution in [0.1, 0.15) is 43.7 Å². The molecule has 0 bridgehead atoms. The number of halogens is 1. The van der Waals surface area contributed by atoms with Gasteiger partial charge in [-0.15, -0.1) is 0 Å². The van der Waals surface area contributed by atoms with E-state index in [-0.39, 0.29) is 11.2 Å². The van der Waals surface area contributed by atoms with Crippen molar-refractivity contribution in [1.82, 2.24) is 0 Å². The summed E-state index contributed by atoms with van der Waals surface area (Å²) in [5.41, 5.74) is 8.60.